The molecule has 0 atom stereocenters. The Labute approximate surface area is 187 Å². The monoisotopic (exact) mass is 460 g/mol. The van der Waals surface area contributed by atoms with E-state index in [1.165, 1.54) is 24.3 Å². The molecule has 0 aliphatic carbocycles. The van der Waals surface area contributed by atoms with Crippen molar-refractivity contribution in [2.75, 3.05) is 13.7 Å². The van der Waals surface area contributed by atoms with Gasteiger partial charge < -0.3 is 19.5 Å². The van der Waals surface area contributed by atoms with Crippen molar-refractivity contribution in [3.63, 3.8) is 0 Å². The van der Waals surface area contributed by atoms with Crippen LogP contribution in [0.3, 0.4) is 0 Å². The fourth-order valence-corrected chi connectivity index (χ4v) is 2.96. The van der Waals surface area contributed by atoms with Crippen molar-refractivity contribution >= 4 is 12.1 Å². The predicted octanol–water partition coefficient (Wildman–Crippen LogP) is 4.86. The number of aromatic nitrogens is 1. The number of carboxylic acids is 1. The van der Waals surface area contributed by atoms with Gasteiger partial charge in [-0.3, -0.25) is 4.98 Å². The smallest absolute Gasteiger partial charge is 0.416 e. The lowest BCUT2D eigenvalue weighted by Gasteiger charge is -2.18. The fourth-order valence-electron chi connectivity index (χ4n) is 2.96. The standard InChI is InChI=1S/C23H19F3N2O5/c1-28(22(31)33-18-6-3-9-27-12-18)13-15-4-2-5-16(10-15)19-11-17(23(24,25)26)7-8-20(19)32-14-21(29)30/h2-12H,13-14H2,1H3,(H,29,30). The molecule has 1 heterocycles. The van der Waals surface area contributed by atoms with Crippen LogP contribution in [0.2, 0.25) is 0 Å². The molecule has 172 valence electrons. The summed E-state index contributed by atoms with van der Waals surface area (Å²) in [6, 6.07) is 12.5. The SMILES string of the molecule is CN(Cc1cccc(-c2cc(C(F)(F)F)ccc2OCC(=O)O)c1)C(=O)Oc1cccnc1. The lowest BCUT2D eigenvalue weighted by atomic mass is 9.99. The first-order valence-electron chi connectivity index (χ1n) is 9.61. The number of carbonyl (C=O) groups excluding carboxylic acids is 1. The number of benzene rings is 2. The van der Waals surface area contributed by atoms with E-state index >= 15 is 0 Å². The van der Waals surface area contributed by atoms with E-state index in [1.807, 2.05) is 0 Å². The highest BCUT2D eigenvalue weighted by molar-refractivity contribution is 5.74. The van der Waals surface area contributed by atoms with Gasteiger partial charge in [0.1, 0.15) is 5.75 Å². The van der Waals surface area contributed by atoms with E-state index in [0.29, 0.717) is 11.1 Å². The highest BCUT2D eigenvalue weighted by Gasteiger charge is 2.31. The molecule has 3 aromatic rings. The number of alkyl halides is 3. The van der Waals surface area contributed by atoms with Crippen LogP contribution in [0.4, 0.5) is 18.0 Å². The average Bonchev–Trinajstić information content (AvgIpc) is 2.77. The summed E-state index contributed by atoms with van der Waals surface area (Å²) < 4.78 is 50.2. The quantitative estimate of drug-likeness (QED) is 0.542. The van der Waals surface area contributed by atoms with E-state index in [4.69, 9.17) is 14.6 Å². The van der Waals surface area contributed by atoms with E-state index in [9.17, 15) is 22.8 Å². The van der Waals surface area contributed by atoms with Crippen molar-refractivity contribution in [3.8, 4) is 22.6 Å². The highest BCUT2D eigenvalue weighted by Crippen LogP contribution is 2.37. The Hall–Kier alpha value is -4.08. The van der Waals surface area contributed by atoms with Crippen molar-refractivity contribution in [2.45, 2.75) is 12.7 Å². The molecule has 0 aliphatic rings. The van der Waals surface area contributed by atoms with E-state index in [-0.39, 0.29) is 23.6 Å². The number of halogens is 3. The summed E-state index contributed by atoms with van der Waals surface area (Å²) in [7, 11) is 1.51. The highest BCUT2D eigenvalue weighted by atomic mass is 19.4. The molecule has 10 heteroatoms. The number of nitrogens with zero attached hydrogens (tertiary/aromatic N) is 2. The van der Waals surface area contributed by atoms with Gasteiger partial charge in [-0.2, -0.15) is 13.2 Å². The summed E-state index contributed by atoms with van der Waals surface area (Å²) in [5.41, 5.74) is 0.156. The molecule has 7 nitrogen and oxygen atoms in total. The van der Waals surface area contributed by atoms with Crippen LogP contribution in [0.5, 0.6) is 11.5 Å². The molecule has 0 aliphatic heterocycles. The number of hydrogen-bond donors (Lipinski definition) is 1. The number of carboxylic acid groups (broad SMARTS) is 1. The second-order valence-corrected chi connectivity index (χ2v) is 7.00. The van der Waals surface area contributed by atoms with Gasteiger partial charge in [-0.05, 0) is 47.5 Å². The molecule has 1 aromatic heterocycles. The summed E-state index contributed by atoms with van der Waals surface area (Å²) >= 11 is 0. The number of ether oxygens (including phenoxy) is 2. The maximum Gasteiger partial charge on any atom is 0.416 e. The van der Waals surface area contributed by atoms with Crippen LogP contribution in [-0.2, 0) is 17.5 Å². The average molecular weight is 460 g/mol. The Balaban J connectivity index is 1.85. The third-order valence-electron chi connectivity index (χ3n) is 4.47. The molecule has 0 spiro atoms. The first-order chi connectivity index (χ1) is 15.6. The summed E-state index contributed by atoms with van der Waals surface area (Å²) in [4.78, 5) is 28.3. The Morgan fingerprint density at radius 3 is 2.55 bits per heavy atom. The molecule has 2 aromatic carbocycles. The lowest BCUT2D eigenvalue weighted by Crippen LogP contribution is -2.29. The predicted molar refractivity (Wildman–Crippen MR) is 112 cm³/mol. The minimum atomic E-state index is -4.59. The molecule has 0 fully saturated rings. The van der Waals surface area contributed by atoms with Crippen LogP contribution >= 0.6 is 0 Å². The number of amides is 1. The Kier molecular flexibility index (Phi) is 7.17. The van der Waals surface area contributed by atoms with Crippen LogP contribution in [0.1, 0.15) is 11.1 Å². The number of pyridine rings is 1. The number of hydrogen-bond acceptors (Lipinski definition) is 5. The van der Waals surface area contributed by atoms with Gasteiger partial charge in [0, 0.05) is 25.4 Å². The van der Waals surface area contributed by atoms with Gasteiger partial charge in [-0.25, -0.2) is 9.59 Å². The Morgan fingerprint density at radius 1 is 1.09 bits per heavy atom. The van der Waals surface area contributed by atoms with Gasteiger partial charge >= 0.3 is 18.2 Å². The topological polar surface area (TPSA) is 89.0 Å². The molecule has 1 N–H and O–H groups in total. The molecule has 0 unspecified atom stereocenters. The van der Waals surface area contributed by atoms with Gasteiger partial charge in [0.15, 0.2) is 12.4 Å². The second kappa shape index (κ2) is 10.0. The van der Waals surface area contributed by atoms with E-state index in [1.54, 1.807) is 36.4 Å². The van der Waals surface area contributed by atoms with Gasteiger partial charge in [0.05, 0.1) is 11.8 Å². The van der Waals surface area contributed by atoms with Gasteiger partial charge in [-0.1, -0.05) is 18.2 Å². The van der Waals surface area contributed by atoms with E-state index < -0.39 is 30.4 Å². The molecule has 0 saturated carbocycles. The zero-order chi connectivity index (χ0) is 24.0. The van der Waals surface area contributed by atoms with Crippen LogP contribution in [0.25, 0.3) is 11.1 Å². The van der Waals surface area contributed by atoms with Crippen LogP contribution < -0.4 is 9.47 Å². The van der Waals surface area contributed by atoms with Crippen LogP contribution in [0.15, 0.2) is 67.0 Å². The maximum absolute atomic E-state index is 13.3. The van der Waals surface area contributed by atoms with E-state index in [2.05, 4.69) is 4.98 Å². The molecule has 0 radical (unpaired) electrons. The number of rotatable bonds is 7. The first-order valence-corrected chi connectivity index (χ1v) is 9.61. The molecule has 0 bridgehead atoms. The summed E-state index contributed by atoms with van der Waals surface area (Å²) in [6.07, 6.45) is -2.31. The second-order valence-electron chi connectivity index (χ2n) is 7.00. The summed E-state index contributed by atoms with van der Waals surface area (Å²) in [6.45, 7) is -0.599. The summed E-state index contributed by atoms with van der Waals surface area (Å²) in [5.74, 6) is -0.998. The van der Waals surface area contributed by atoms with Crippen molar-refractivity contribution in [2.24, 2.45) is 0 Å². The Bertz CT molecular complexity index is 1140. The van der Waals surface area contributed by atoms with Crippen LogP contribution in [0, 0.1) is 0 Å². The molecule has 33 heavy (non-hydrogen) atoms. The van der Waals surface area contributed by atoms with Crippen LogP contribution in [-0.4, -0.2) is 40.7 Å². The van der Waals surface area contributed by atoms with Crippen molar-refractivity contribution < 1.29 is 37.3 Å². The van der Waals surface area contributed by atoms with Crippen molar-refractivity contribution in [1.29, 1.82) is 0 Å². The minimum absolute atomic E-state index is 0.00751. The largest absolute Gasteiger partial charge is 0.481 e. The van der Waals surface area contributed by atoms with Crippen molar-refractivity contribution in [3.05, 3.63) is 78.1 Å². The minimum Gasteiger partial charge on any atom is -0.481 e. The third-order valence-corrected chi connectivity index (χ3v) is 4.47. The lowest BCUT2D eigenvalue weighted by molar-refractivity contribution is -0.140. The number of carbonyl (C=O) groups is 2. The van der Waals surface area contributed by atoms with Gasteiger partial charge in [0.2, 0.25) is 0 Å². The van der Waals surface area contributed by atoms with Gasteiger partial charge in [0.25, 0.3) is 0 Å². The molecule has 0 saturated heterocycles. The molecule has 1 amide bonds. The zero-order valence-corrected chi connectivity index (χ0v) is 17.4. The molecule has 3 rings (SSSR count). The number of aliphatic carboxylic acids is 1. The first kappa shape index (κ1) is 23.6. The summed E-state index contributed by atoms with van der Waals surface area (Å²) in [5, 5.41) is 8.86. The fraction of sp³-hybridized carbons (Fsp3) is 0.174. The maximum atomic E-state index is 13.3. The zero-order valence-electron chi connectivity index (χ0n) is 17.4. The van der Waals surface area contributed by atoms with E-state index in [0.717, 1.165) is 18.2 Å². The Morgan fingerprint density at radius 2 is 1.88 bits per heavy atom. The van der Waals surface area contributed by atoms with Crippen molar-refractivity contribution in [1.82, 2.24) is 9.88 Å². The normalized spacial score (nSPS) is 11.0. The molecular formula is C23H19F3N2O5. The van der Waals surface area contributed by atoms with Gasteiger partial charge in [-0.15, -0.1) is 0 Å². The third kappa shape index (κ3) is 6.45. The molecular weight excluding hydrogens is 441 g/mol.